The molecule has 1 aromatic carbocycles. The van der Waals surface area contributed by atoms with Crippen molar-refractivity contribution < 1.29 is 8.78 Å². The topological polar surface area (TPSA) is 67.6 Å². The first-order valence-corrected chi connectivity index (χ1v) is 5.87. The van der Waals surface area contributed by atoms with Crippen LogP contribution in [0.4, 0.5) is 14.6 Å². The Morgan fingerprint density at radius 3 is 2.70 bits per heavy atom. The van der Waals surface area contributed by atoms with Gasteiger partial charge in [0.15, 0.2) is 5.82 Å². The highest BCUT2D eigenvalue weighted by atomic mass is 19.1. The average molecular weight is 272 g/mol. The van der Waals surface area contributed by atoms with Crippen LogP contribution in [0.25, 0.3) is 22.5 Å². The van der Waals surface area contributed by atoms with E-state index in [0.29, 0.717) is 17.0 Å². The number of nitrogens with one attached hydrogen (secondary N) is 1. The van der Waals surface area contributed by atoms with Gasteiger partial charge in [-0.25, -0.2) is 8.78 Å². The predicted molar refractivity (Wildman–Crippen MR) is 71.6 cm³/mol. The minimum Gasteiger partial charge on any atom is -0.382 e. The number of benzene rings is 1. The molecule has 0 atom stereocenters. The van der Waals surface area contributed by atoms with Gasteiger partial charge < -0.3 is 5.73 Å². The minimum atomic E-state index is -0.563. The third-order valence-electron chi connectivity index (χ3n) is 2.91. The van der Waals surface area contributed by atoms with Gasteiger partial charge in [-0.15, -0.1) is 0 Å². The van der Waals surface area contributed by atoms with Crippen LogP contribution in [0.1, 0.15) is 0 Å². The van der Waals surface area contributed by atoms with E-state index in [1.54, 1.807) is 24.4 Å². The summed E-state index contributed by atoms with van der Waals surface area (Å²) in [4.78, 5) is 4.16. The van der Waals surface area contributed by atoms with Crippen molar-refractivity contribution in [2.24, 2.45) is 0 Å². The van der Waals surface area contributed by atoms with E-state index in [2.05, 4.69) is 15.2 Å². The smallest absolute Gasteiger partial charge is 0.155 e. The van der Waals surface area contributed by atoms with Crippen molar-refractivity contribution in [2.45, 2.75) is 0 Å². The molecule has 0 saturated heterocycles. The Hall–Kier alpha value is -2.76. The molecule has 2 heterocycles. The molecular formula is C14H10F2N4. The number of nitrogens with zero attached hydrogens (tertiary/aromatic N) is 2. The molecule has 3 rings (SSSR count). The molecule has 0 unspecified atom stereocenters. The number of hydrogen-bond acceptors (Lipinski definition) is 3. The van der Waals surface area contributed by atoms with Gasteiger partial charge in [0.25, 0.3) is 0 Å². The van der Waals surface area contributed by atoms with E-state index in [-0.39, 0.29) is 11.4 Å². The number of aromatic nitrogens is 3. The van der Waals surface area contributed by atoms with Crippen LogP contribution in [0.3, 0.4) is 0 Å². The predicted octanol–water partition coefficient (Wildman–Crippen LogP) is 3.00. The quantitative estimate of drug-likeness (QED) is 0.753. The number of anilines is 1. The second-order valence-electron chi connectivity index (χ2n) is 4.20. The molecule has 3 aromatic rings. The largest absolute Gasteiger partial charge is 0.382 e. The molecular weight excluding hydrogens is 262 g/mol. The summed E-state index contributed by atoms with van der Waals surface area (Å²) in [6.07, 6.45) is 1.59. The zero-order valence-corrected chi connectivity index (χ0v) is 10.3. The van der Waals surface area contributed by atoms with Gasteiger partial charge in [-0.2, -0.15) is 5.10 Å². The highest BCUT2D eigenvalue weighted by molar-refractivity contribution is 5.86. The Morgan fingerprint density at radius 1 is 1.10 bits per heavy atom. The number of hydrogen-bond donors (Lipinski definition) is 2. The summed E-state index contributed by atoms with van der Waals surface area (Å²) in [5.41, 5.74) is 7.16. The summed E-state index contributed by atoms with van der Waals surface area (Å²) in [5, 5.41) is 6.50. The maximum Gasteiger partial charge on any atom is 0.155 e. The van der Waals surface area contributed by atoms with Crippen LogP contribution < -0.4 is 5.73 Å². The molecule has 0 radical (unpaired) electrons. The number of halogens is 2. The molecule has 4 nitrogen and oxygen atoms in total. The van der Waals surface area contributed by atoms with Gasteiger partial charge in [0.05, 0.1) is 17.0 Å². The fourth-order valence-corrected chi connectivity index (χ4v) is 2.01. The SMILES string of the molecule is Nc1n[nH]c(-c2cc(F)ccc2F)c1-c1ccccn1. The van der Waals surface area contributed by atoms with E-state index in [9.17, 15) is 8.78 Å². The lowest BCUT2D eigenvalue weighted by molar-refractivity contribution is 0.602. The molecule has 100 valence electrons. The zero-order chi connectivity index (χ0) is 14.1. The fraction of sp³-hybridized carbons (Fsp3) is 0. The van der Waals surface area contributed by atoms with E-state index < -0.39 is 11.6 Å². The Morgan fingerprint density at radius 2 is 1.95 bits per heavy atom. The summed E-state index contributed by atoms with van der Waals surface area (Å²) in [6.45, 7) is 0. The molecule has 0 fully saturated rings. The van der Waals surface area contributed by atoms with Crippen LogP contribution in [0, 0.1) is 11.6 Å². The number of aromatic amines is 1. The molecule has 0 aliphatic carbocycles. The monoisotopic (exact) mass is 272 g/mol. The van der Waals surface area contributed by atoms with Crippen molar-refractivity contribution in [2.75, 3.05) is 5.73 Å². The van der Waals surface area contributed by atoms with Crippen LogP contribution >= 0.6 is 0 Å². The molecule has 0 spiro atoms. The van der Waals surface area contributed by atoms with Crippen LogP contribution in [0.5, 0.6) is 0 Å². The Bertz CT molecular complexity index is 753. The Balaban J connectivity index is 2.24. The van der Waals surface area contributed by atoms with E-state index >= 15 is 0 Å². The molecule has 2 aromatic heterocycles. The molecule has 0 aliphatic rings. The average Bonchev–Trinajstić information content (AvgIpc) is 2.84. The highest BCUT2D eigenvalue weighted by Gasteiger charge is 2.18. The van der Waals surface area contributed by atoms with Crippen LogP contribution in [-0.2, 0) is 0 Å². The van der Waals surface area contributed by atoms with Crippen molar-refractivity contribution in [3.63, 3.8) is 0 Å². The summed E-state index contributed by atoms with van der Waals surface area (Å²) in [7, 11) is 0. The first kappa shape index (κ1) is 12.3. The lowest BCUT2D eigenvalue weighted by atomic mass is 10.0. The van der Waals surface area contributed by atoms with Crippen molar-refractivity contribution >= 4 is 5.82 Å². The fourth-order valence-electron chi connectivity index (χ4n) is 2.01. The normalized spacial score (nSPS) is 10.7. The molecule has 0 saturated carbocycles. The van der Waals surface area contributed by atoms with E-state index in [0.717, 1.165) is 18.2 Å². The maximum absolute atomic E-state index is 13.9. The van der Waals surface area contributed by atoms with Gasteiger partial charge in [0, 0.05) is 11.8 Å². The molecule has 20 heavy (non-hydrogen) atoms. The summed E-state index contributed by atoms with van der Waals surface area (Å²) >= 11 is 0. The minimum absolute atomic E-state index is 0.0647. The van der Waals surface area contributed by atoms with Gasteiger partial charge >= 0.3 is 0 Å². The van der Waals surface area contributed by atoms with Gasteiger partial charge in [-0.1, -0.05) is 6.07 Å². The number of rotatable bonds is 2. The van der Waals surface area contributed by atoms with Gasteiger partial charge in [-0.3, -0.25) is 10.1 Å². The van der Waals surface area contributed by atoms with Crippen LogP contribution in [0.15, 0.2) is 42.6 Å². The van der Waals surface area contributed by atoms with E-state index in [1.165, 1.54) is 0 Å². The molecule has 0 bridgehead atoms. The summed E-state index contributed by atoms with van der Waals surface area (Å²) in [6, 6.07) is 8.46. The molecule has 6 heteroatoms. The lowest BCUT2D eigenvalue weighted by Crippen LogP contribution is -1.92. The Kier molecular flexibility index (Phi) is 2.90. The molecule has 0 aliphatic heterocycles. The summed E-state index contributed by atoms with van der Waals surface area (Å²) < 4.78 is 27.2. The van der Waals surface area contributed by atoms with Crippen molar-refractivity contribution in [1.82, 2.24) is 15.2 Å². The van der Waals surface area contributed by atoms with E-state index in [1.807, 2.05) is 0 Å². The lowest BCUT2D eigenvalue weighted by Gasteiger charge is -2.05. The Labute approximate surface area is 113 Å². The number of H-pyrrole nitrogens is 1. The van der Waals surface area contributed by atoms with Gasteiger partial charge in [-0.05, 0) is 30.3 Å². The van der Waals surface area contributed by atoms with E-state index in [4.69, 9.17) is 5.73 Å². The number of nitrogen functional groups attached to an aromatic ring is 1. The first-order chi connectivity index (χ1) is 9.66. The third kappa shape index (κ3) is 2.01. The first-order valence-electron chi connectivity index (χ1n) is 5.87. The number of nitrogens with two attached hydrogens (primary N) is 1. The van der Waals surface area contributed by atoms with Crippen LogP contribution in [0.2, 0.25) is 0 Å². The van der Waals surface area contributed by atoms with Crippen molar-refractivity contribution in [3.05, 3.63) is 54.2 Å². The third-order valence-corrected chi connectivity index (χ3v) is 2.91. The standard InChI is InChI=1S/C14H10F2N4/c15-8-4-5-10(16)9(7-8)13-12(14(17)20-19-13)11-3-1-2-6-18-11/h1-7H,(H3,17,19,20). The number of pyridine rings is 1. The van der Waals surface area contributed by atoms with Crippen molar-refractivity contribution in [3.8, 4) is 22.5 Å². The second kappa shape index (κ2) is 4.73. The second-order valence-corrected chi connectivity index (χ2v) is 4.20. The zero-order valence-electron chi connectivity index (χ0n) is 10.3. The maximum atomic E-state index is 13.9. The highest BCUT2D eigenvalue weighted by Crippen LogP contribution is 2.34. The molecule has 0 amide bonds. The van der Waals surface area contributed by atoms with Gasteiger partial charge in [0.1, 0.15) is 11.6 Å². The van der Waals surface area contributed by atoms with Crippen LogP contribution in [-0.4, -0.2) is 15.2 Å². The van der Waals surface area contributed by atoms with Gasteiger partial charge in [0.2, 0.25) is 0 Å². The van der Waals surface area contributed by atoms with Crippen molar-refractivity contribution in [1.29, 1.82) is 0 Å². The summed E-state index contributed by atoms with van der Waals surface area (Å²) in [5.74, 6) is -0.920. The molecule has 3 N–H and O–H groups in total.